The van der Waals surface area contributed by atoms with Crippen LogP contribution in [0.3, 0.4) is 0 Å². The number of phenols is 1. The smallest absolute Gasteiger partial charge is 0.343 e. The van der Waals surface area contributed by atoms with Crippen molar-refractivity contribution in [2.24, 2.45) is 0 Å². The normalized spacial score (nSPS) is 10.1. The van der Waals surface area contributed by atoms with Crippen LogP contribution < -0.4 is 5.32 Å². The highest BCUT2D eigenvalue weighted by atomic mass is 16.5. The van der Waals surface area contributed by atoms with Crippen molar-refractivity contribution in [1.29, 1.82) is 0 Å². The number of benzene rings is 1. The summed E-state index contributed by atoms with van der Waals surface area (Å²) in [4.78, 5) is 31.8. The summed E-state index contributed by atoms with van der Waals surface area (Å²) in [6, 6.07) is 4.52. The summed E-state index contributed by atoms with van der Waals surface area (Å²) in [6.07, 6.45) is 1.34. The second-order valence-electron chi connectivity index (χ2n) is 4.72. The maximum absolute atomic E-state index is 12.0. The molecule has 8 nitrogen and oxygen atoms in total. The molecule has 126 valence electrons. The van der Waals surface area contributed by atoms with Crippen molar-refractivity contribution in [3.8, 4) is 5.75 Å². The third-order valence-corrected chi connectivity index (χ3v) is 3.10. The molecule has 0 saturated heterocycles. The van der Waals surface area contributed by atoms with Crippen molar-refractivity contribution in [2.45, 2.75) is 13.8 Å². The van der Waals surface area contributed by atoms with Crippen molar-refractivity contribution in [3.05, 3.63) is 41.3 Å². The van der Waals surface area contributed by atoms with E-state index in [1.165, 1.54) is 25.4 Å². The zero-order valence-corrected chi connectivity index (χ0v) is 13.5. The highest BCUT2D eigenvalue weighted by Gasteiger charge is 2.19. The standard InChI is InChI=1S/C16H17N3O5/c1-4-24-16(22)11-8-17-9(2)18-14(11)19-12-7-5-6-10(13(12)20)15(21)23-3/h5-8,20H,4H2,1-3H3,(H,17,18,19). The van der Waals surface area contributed by atoms with E-state index < -0.39 is 11.9 Å². The van der Waals surface area contributed by atoms with Crippen LogP contribution in [0.5, 0.6) is 5.75 Å². The number of carbonyl (C=O) groups is 2. The zero-order valence-electron chi connectivity index (χ0n) is 13.5. The van der Waals surface area contributed by atoms with Gasteiger partial charge in [-0.1, -0.05) is 6.07 Å². The first-order chi connectivity index (χ1) is 11.5. The van der Waals surface area contributed by atoms with Gasteiger partial charge >= 0.3 is 11.9 Å². The van der Waals surface area contributed by atoms with Gasteiger partial charge in [-0.15, -0.1) is 0 Å². The van der Waals surface area contributed by atoms with Crippen LogP contribution in [-0.2, 0) is 9.47 Å². The number of hydrogen-bond acceptors (Lipinski definition) is 8. The average molecular weight is 331 g/mol. The van der Waals surface area contributed by atoms with Gasteiger partial charge in [0.05, 0.1) is 19.4 Å². The van der Waals surface area contributed by atoms with Crippen molar-refractivity contribution < 1.29 is 24.2 Å². The Kier molecular flexibility index (Phi) is 5.31. The first-order valence-electron chi connectivity index (χ1n) is 7.16. The summed E-state index contributed by atoms with van der Waals surface area (Å²) in [6.45, 7) is 3.55. The third kappa shape index (κ3) is 3.60. The van der Waals surface area contributed by atoms with Crippen molar-refractivity contribution in [2.75, 3.05) is 19.0 Å². The van der Waals surface area contributed by atoms with Crippen LogP contribution in [0.2, 0.25) is 0 Å². The van der Waals surface area contributed by atoms with E-state index in [0.717, 1.165) is 0 Å². The van der Waals surface area contributed by atoms with Gasteiger partial charge in [0, 0.05) is 6.20 Å². The molecule has 8 heteroatoms. The summed E-state index contributed by atoms with van der Waals surface area (Å²) in [5, 5.41) is 13.1. The molecule has 2 aromatic rings. The van der Waals surface area contributed by atoms with Crippen LogP contribution in [0.1, 0.15) is 33.5 Å². The number of aromatic hydroxyl groups is 1. The Hall–Kier alpha value is -3.16. The van der Waals surface area contributed by atoms with E-state index in [1.807, 2.05) is 0 Å². The van der Waals surface area contributed by atoms with Crippen molar-refractivity contribution in [3.63, 3.8) is 0 Å². The summed E-state index contributed by atoms with van der Waals surface area (Å²) < 4.78 is 9.57. The monoisotopic (exact) mass is 331 g/mol. The number of phenolic OH excluding ortho intramolecular Hbond substituents is 1. The number of aryl methyl sites for hydroxylation is 1. The molecule has 0 atom stereocenters. The van der Waals surface area contributed by atoms with Crippen molar-refractivity contribution in [1.82, 2.24) is 9.97 Å². The van der Waals surface area contributed by atoms with Gasteiger partial charge in [0.15, 0.2) is 5.75 Å². The first-order valence-corrected chi connectivity index (χ1v) is 7.16. The minimum atomic E-state index is -0.680. The lowest BCUT2D eigenvalue weighted by atomic mass is 10.1. The van der Waals surface area contributed by atoms with Gasteiger partial charge < -0.3 is 19.9 Å². The fourth-order valence-corrected chi connectivity index (χ4v) is 1.97. The first kappa shape index (κ1) is 17.2. The number of rotatable bonds is 5. The van der Waals surface area contributed by atoms with Gasteiger partial charge in [-0.3, -0.25) is 0 Å². The van der Waals surface area contributed by atoms with Crippen LogP contribution in [0.15, 0.2) is 24.4 Å². The lowest BCUT2D eigenvalue weighted by Gasteiger charge is -2.13. The van der Waals surface area contributed by atoms with Crippen LogP contribution in [0.4, 0.5) is 11.5 Å². The zero-order chi connectivity index (χ0) is 17.7. The Labute approximate surface area is 138 Å². The Morgan fingerprint density at radius 2 is 2.00 bits per heavy atom. The summed E-state index contributed by atoms with van der Waals surface area (Å²) >= 11 is 0. The lowest BCUT2D eigenvalue weighted by Crippen LogP contribution is -2.11. The van der Waals surface area contributed by atoms with Crippen LogP contribution in [0.25, 0.3) is 0 Å². The Morgan fingerprint density at radius 1 is 1.25 bits per heavy atom. The van der Waals surface area contributed by atoms with Gasteiger partial charge in [0.25, 0.3) is 0 Å². The Morgan fingerprint density at radius 3 is 2.67 bits per heavy atom. The second-order valence-corrected chi connectivity index (χ2v) is 4.72. The van der Waals surface area contributed by atoms with Crippen LogP contribution in [-0.4, -0.2) is 40.7 Å². The Bertz CT molecular complexity index is 776. The number of nitrogens with one attached hydrogen (secondary N) is 1. The maximum atomic E-state index is 12.0. The molecule has 1 aromatic heterocycles. The summed E-state index contributed by atoms with van der Waals surface area (Å²) in [5.41, 5.74) is 0.304. The number of methoxy groups -OCH3 is 1. The molecule has 0 fully saturated rings. The predicted molar refractivity (Wildman–Crippen MR) is 85.5 cm³/mol. The number of esters is 2. The van der Waals surface area contributed by atoms with E-state index >= 15 is 0 Å². The average Bonchev–Trinajstić information content (AvgIpc) is 2.56. The number of carbonyl (C=O) groups excluding carboxylic acids is 2. The van der Waals surface area contributed by atoms with E-state index in [2.05, 4.69) is 20.0 Å². The summed E-state index contributed by atoms with van der Waals surface area (Å²) in [7, 11) is 1.22. The third-order valence-electron chi connectivity index (χ3n) is 3.10. The molecular formula is C16H17N3O5. The SMILES string of the molecule is CCOC(=O)c1cnc(C)nc1Nc1cccc(C(=O)OC)c1O. The van der Waals surface area contributed by atoms with E-state index in [1.54, 1.807) is 19.9 Å². The molecule has 0 radical (unpaired) electrons. The minimum Gasteiger partial charge on any atom is -0.505 e. The molecule has 0 aliphatic carbocycles. The number of para-hydroxylation sites is 1. The number of ether oxygens (including phenoxy) is 2. The number of aromatic nitrogens is 2. The molecule has 1 aromatic carbocycles. The van der Waals surface area contributed by atoms with Crippen LogP contribution >= 0.6 is 0 Å². The molecular weight excluding hydrogens is 314 g/mol. The molecule has 1 heterocycles. The molecule has 0 unspecified atom stereocenters. The molecule has 0 amide bonds. The van der Waals surface area contributed by atoms with E-state index in [-0.39, 0.29) is 35.0 Å². The van der Waals surface area contributed by atoms with Crippen molar-refractivity contribution >= 4 is 23.4 Å². The largest absolute Gasteiger partial charge is 0.505 e. The van der Waals surface area contributed by atoms with Gasteiger partial charge in [0.2, 0.25) is 0 Å². The van der Waals surface area contributed by atoms with E-state index in [9.17, 15) is 14.7 Å². The fraction of sp³-hybridized carbons (Fsp3) is 0.250. The molecule has 0 saturated carbocycles. The topological polar surface area (TPSA) is 111 Å². The molecule has 0 aliphatic heterocycles. The number of nitrogens with zero attached hydrogens (tertiary/aromatic N) is 2. The number of anilines is 2. The van der Waals surface area contributed by atoms with Gasteiger partial charge in [-0.05, 0) is 26.0 Å². The number of hydrogen-bond donors (Lipinski definition) is 2. The molecule has 0 bridgehead atoms. The van der Waals surface area contributed by atoms with Gasteiger partial charge in [-0.2, -0.15) is 0 Å². The summed E-state index contributed by atoms with van der Waals surface area (Å²) in [5.74, 6) is -0.993. The second kappa shape index (κ2) is 7.40. The fourth-order valence-electron chi connectivity index (χ4n) is 1.97. The highest BCUT2D eigenvalue weighted by Crippen LogP contribution is 2.31. The van der Waals surface area contributed by atoms with Gasteiger partial charge in [-0.25, -0.2) is 19.6 Å². The quantitative estimate of drug-likeness (QED) is 0.633. The minimum absolute atomic E-state index is 0.00837. The lowest BCUT2D eigenvalue weighted by molar-refractivity contribution is 0.0525. The van der Waals surface area contributed by atoms with Crippen LogP contribution in [0, 0.1) is 6.92 Å². The van der Waals surface area contributed by atoms with Gasteiger partial charge in [0.1, 0.15) is 22.8 Å². The Balaban J connectivity index is 2.43. The highest BCUT2D eigenvalue weighted by molar-refractivity contribution is 5.97. The molecule has 24 heavy (non-hydrogen) atoms. The molecule has 0 aliphatic rings. The molecule has 2 rings (SSSR count). The predicted octanol–water partition coefficient (Wildman–Crippen LogP) is 2.20. The molecule has 0 spiro atoms. The van der Waals surface area contributed by atoms with E-state index in [0.29, 0.717) is 5.82 Å². The molecule has 2 N–H and O–H groups in total. The van der Waals surface area contributed by atoms with E-state index in [4.69, 9.17) is 4.74 Å². The maximum Gasteiger partial charge on any atom is 0.343 e.